The molecule has 3 heterocycles. The fourth-order valence-electron chi connectivity index (χ4n) is 5.15. The van der Waals surface area contributed by atoms with E-state index in [9.17, 15) is 0 Å². The van der Waals surface area contributed by atoms with E-state index >= 15 is 0 Å². The van der Waals surface area contributed by atoms with Gasteiger partial charge in [0.1, 0.15) is 0 Å². The lowest BCUT2D eigenvalue weighted by molar-refractivity contribution is 0.382. The van der Waals surface area contributed by atoms with Gasteiger partial charge in [-0.2, -0.15) is 4.98 Å². The monoisotopic (exact) mass is 586 g/mol. The van der Waals surface area contributed by atoms with Gasteiger partial charge in [0.2, 0.25) is 0 Å². The van der Waals surface area contributed by atoms with Gasteiger partial charge in [-0.05, 0) is 108 Å². The van der Waals surface area contributed by atoms with Crippen LogP contribution in [0.5, 0.6) is 6.01 Å². The van der Waals surface area contributed by atoms with Crippen molar-refractivity contribution < 1.29 is 4.74 Å². The van der Waals surface area contributed by atoms with Crippen molar-refractivity contribution in [3.05, 3.63) is 113 Å². The highest BCUT2D eigenvalue weighted by atomic mass is 16.5. The molecule has 0 aliphatic rings. The molecule has 0 saturated carbocycles. The van der Waals surface area contributed by atoms with E-state index in [2.05, 4.69) is 130 Å². The summed E-state index contributed by atoms with van der Waals surface area (Å²) >= 11 is 0. The van der Waals surface area contributed by atoms with E-state index in [1.165, 1.54) is 44.0 Å². The zero-order valence-electron chi connectivity index (χ0n) is 27.9. The summed E-state index contributed by atoms with van der Waals surface area (Å²) in [5.41, 5.74) is 9.79. The molecule has 0 unspecified atom stereocenters. The first-order valence-electron chi connectivity index (χ1n) is 15.5. The maximum absolute atomic E-state index is 4.98. The predicted octanol–water partition coefficient (Wildman–Crippen LogP) is 10.4. The van der Waals surface area contributed by atoms with Crippen LogP contribution in [0.1, 0.15) is 92.8 Å². The number of rotatable bonds is 4. The van der Waals surface area contributed by atoms with Crippen LogP contribution in [0, 0.1) is 20.8 Å². The second-order valence-electron chi connectivity index (χ2n) is 12.5. The number of hydrogen-bond donors (Lipinski definition) is 0. The smallest absolute Gasteiger partial charge is 0.316 e. The quantitative estimate of drug-likeness (QED) is 0.206. The summed E-state index contributed by atoms with van der Waals surface area (Å²) < 4.78 is 4.98. The average Bonchev–Trinajstić information content (AvgIpc) is 3.00. The Morgan fingerprint density at radius 1 is 0.545 bits per heavy atom. The second-order valence-corrected chi connectivity index (χ2v) is 12.5. The summed E-state index contributed by atoms with van der Waals surface area (Å²) in [6, 6.07) is 22.0. The van der Waals surface area contributed by atoms with Crippen molar-refractivity contribution >= 4 is 32.6 Å². The minimum Gasteiger partial charge on any atom is -0.467 e. The van der Waals surface area contributed by atoms with Crippen molar-refractivity contribution in [3.8, 4) is 6.01 Å². The Balaban J connectivity index is 0.000000151. The molecule has 0 spiro atoms. The number of nitrogens with zero attached hydrogens (tertiary/aromatic N) is 4. The van der Waals surface area contributed by atoms with Crippen molar-refractivity contribution in [1.29, 1.82) is 0 Å². The van der Waals surface area contributed by atoms with Gasteiger partial charge in [0.25, 0.3) is 0 Å². The van der Waals surface area contributed by atoms with Gasteiger partial charge in [-0.1, -0.05) is 65.8 Å². The Bertz CT molecular complexity index is 1870. The van der Waals surface area contributed by atoms with E-state index in [4.69, 9.17) is 4.74 Å². The first kappa shape index (κ1) is 32.5. The van der Waals surface area contributed by atoms with E-state index in [1.807, 2.05) is 25.4 Å². The van der Waals surface area contributed by atoms with Crippen molar-refractivity contribution in [3.63, 3.8) is 0 Å². The molecule has 0 N–H and O–H groups in total. The van der Waals surface area contributed by atoms with Crippen LogP contribution < -0.4 is 4.74 Å². The average molecular weight is 587 g/mol. The molecule has 0 saturated heterocycles. The molecule has 0 bridgehead atoms. The van der Waals surface area contributed by atoms with Gasteiger partial charge in [0.15, 0.2) is 0 Å². The van der Waals surface area contributed by atoms with Crippen LogP contribution in [0.3, 0.4) is 0 Å². The third-order valence-electron chi connectivity index (χ3n) is 7.81. The van der Waals surface area contributed by atoms with Crippen molar-refractivity contribution in [2.24, 2.45) is 0 Å². The standard InChI is InChI=1S/C14H17N.C13H15N.C12H14N2O/c1-9(2)13-7-12-5-10(3)8-15-14(12)6-11(13)4;1-9(2)11-4-5-12-8-14-10(3)6-13(12)7-11;1-8(2)9-4-5-11-10(6-9)7-13-12(14-11)15-3/h5-9H,1-4H3;4-9H,1-3H3;4-8H,1-3H3. The molecule has 6 aromatic rings. The Kier molecular flexibility index (Phi) is 10.6. The molecular weight excluding hydrogens is 540 g/mol. The maximum Gasteiger partial charge on any atom is 0.316 e. The van der Waals surface area contributed by atoms with Crippen LogP contribution in [0.25, 0.3) is 32.6 Å². The van der Waals surface area contributed by atoms with Crippen LogP contribution in [-0.4, -0.2) is 27.0 Å². The third-order valence-corrected chi connectivity index (χ3v) is 7.81. The topological polar surface area (TPSA) is 60.8 Å². The van der Waals surface area contributed by atoms with E-state index in [0.29, 0.717) is 23.8 Å². The van der Waals surface area contributed by atoms with Crippen LogP contribution in [0.4, 0.5) is 0 Å². The van der Waals surface area contributed by atoms with Crippen LogP contribution >= 0.6 is 0 Å². The Morgan fingerprint density at radius 3 is 1.86 bits per heavy atom. The number of methoxy groups -OCH3 is 1. The Labute approximate surface area is 262 Å². The predicted molar refractivity (Wildman–Crippen MR) is 186 cm³/mol. The minimum atomic E-state index is 0.416. The van der Waals surface area contributed by atoms with Gasteiger partial charge in [0, 0.05) is 40.4 Å². The number of benzene rings is 3. The number of pyridine rings is 2. The molecule has 5 nitrogen and oxygen atoms in total. The van der Waals surface area contributed by atoms with E-state index in [0.717, 1.165) is 22.1 Å². The zero-order chi connectivity index (χ0) is 32.0. The first-order valence-corrected chi connectivity index (χ1v) is 15.5. The molecule has 5 heteroatoms. The second kappa shape index (κ2) is 14.4. The molecule has 0 aliphatic heterocycles. The van der Waals surface area contributed by atoms with Gasteiger partial charge in [-0.15, -0.1) is 0 Å². The van der Waals surface area contributed by atoms with Crippen LogP contribution in [0.15, 0.2) is 79.3 Å². The maximum atomic E-state index is 4.98. The molecule has 0 radical (unpaired) electrons. The summed E-state index contributed by atoms with van der Waals surface area (Å²) in [6.07, 6.45) is 5.67. The van der Waals surface area contributed by atoms with Crippen molar-refractivity contribution in [1.82, 2.24) is 19.9 Å². The fraction of sp³-hybridized carbons (Fsp3) is 0.333. The SMILES string of the molecule is COc1ncc2cc(C(C)C)ccc2n1.Cc1cc2cc(C(C)C)ccc2cn1.Cc1cnc2cc(C)c(C(C)C)cc2c1. The molecule has 228 valence electrons. The number of ether oxygens (including phenoxy) is 1. The fourth-order valence-corrected chi connectivity index (χ4v) is 5.15. The lowest BCUT2D eigenvalue weighted by Crippen LogP contribution is -1.93. The molecular formula is C39H46N4O. The van der Waals surface area contributed by atoms with Crippen LogP contribution in [-0.2, 0) is 0 Å². The number of fused-ring (bicyclic) bond motifs is 3. The number of hydrogen-bond acceptors (Lipinski definition) is 5. The van der Waals surface area contributed by atoms with Crippen molar-refractivity contribution in [2.75, 3.05) is 7.11 Å². The van der Waals surface area contributed by atoms with Gasteiger partial charge in [-0.25, -0.2) is 4.98 Å². The summed E-state index contributed by atoms with van der Waals surface area (Å²) in [5.74, 6) is 1.69. The molecule has 6 rings (SSSR count). The molecule has 44 heavy (non-hydrogen) atoms. The lowest BCUT2D eigenvalue weighted by atomic mass is 9.96. The minimum absolute atomic E-state index is 0.416. The van der Waals surface area contributed by atoms with E-state index < -0.39 is 0 Å². The summed E-state index contributed by atoms with van der Waals surface area (Å²) in [5, 5.41) is 4.83. The lowest BCUT2D eigenvalue weighted by Gasteiger charge is -2.11. The van der Waals surface area contributed by atoms with E-state index in [-0.39, 0.29) is 0 Å². The van der Waals surface area contributed by atoms with Gasteiger partial charge in [0.05, 0.1) is 18.1 Å². The molecule has 3 aromatic heterocycles. The highest BCUT2D eigenvalue weighted by Crippen LogP contribution is 2.25. The van der Waals surface area contributed by atoms with Gasteiger partial charge < -0.3 is 4.74 Å². The Hall–Kier alpha value is -4.38. The Morgan fingerprint density at radius 2 is 1.20 bits per heavy atom. The normalized spacial score (nSPS) is 11.1. The molecule has 0 amide bonds. The number of aromatic nitrogens is 4. The molecule has 3 aromatic carbocycles. The zero-order valence-corrected chi connectivity index (χ0v) is 27.9. The molecule has 0 fully saturated rings. The first-order chi connectivity index (χ1) is 20.9. The summed E-state index contributed by atoms with van der Waals surface area (Å²) in [4.78, 5) is 17.1. The number of aryl methyl sites for hydroxylation is 3. The van der Waals surface area contributed by atoms with Gasteiger partial charge in [-0.3, -0.25) is 9.97 Å². The van der Waals surface area contributed by atoms with Gasteiger partial charge >= 0.3 is 6.01 Å². The highest BCUT2D eigenvalue weighted by molar-refractivity contribution is 5.83. The van der Waals surface area contributed by atoms with E-state index in [1.54, 1.807) is 13.3 Å². The van der Waals surface area contributed by atoms with Crippen molar-refractivity contribution in [2.45, 2.75) is 80.1 Å². The summed E-state index contributed by atoms with van der Waals surface area (Å²) in [6.45, 7) is 19.5. The molecule has 0 aliphatic carbocycles. The molecule has 0 atom stereocenters. The largest absolute Gasteiger partial charge is 0.467 e. The summed E-state index contributed by atoms with van der Waals surface area (Å²) in [7, 11) is 1.57. The highest BCUT2D eigenvalue weighted by Gasteiger charge is 2.06. The van der Waals surface area contributed by atoms with Crippen LogP contribution in [0.2, 0.25) is 0 Å². The third kappa shape index (κ3) is 8.16.